The van der Waals surface area contributed by atoms with Gasteiger partial charge in [-0.25, -0.2) is 0 Å². The number of hydrogen-bond acceptors (Lipinski definition) is 1. The fourth-order valence-corrected chi connectivity index (χ4v) is 3.16. The predicted molar refractivity (Wildman–Crippen MR) is 55.2 cm³/mol. The van der Waals surface area contributed by atoms with Crippen LogP contribution in [0.4, 0.5) is 0 Å². The van der Waals surface area contributed by atoms with E-state index in [0.717, 1.165) is 12.3 Å². The topological polar surface area (TPSA) is 20.2 Å². The minimum atomic E-state index is -0.0313. The second-order valence-electron chi connectivity index (χ2n) is 5.13. The molecule has 2 rings (SSSR count). The normalized spacial score (nSPS) is 49.0. The van der Waals surface area contributed by atoms with Crippen molar-refractivity contribution in [2.45, 2.75) is 46.1 Å². The van der Waals surface area contributed by atoms with Gasteiger partial charge < -0.3 is 5.11 Å². The maximum atomic E-state index is 9.81. The van der Waals surface area contributed by atoms with Crippen LogP contribution in [-0.2, 0) is 0 Å². The highest BCUT2D eigenvalue weighted by molar-refractivity contribution is 5.75. The Kier molecular flexibility index (Phi) is 2.41. The third kappa shape index (κ3) is 0.953. The first kappa shape index (κ1) is 10.6. The van der Waals surface area contributed by atoms with Crippen LogP contribution in [0.15, 0.2) is 0 Å². The first-order chi connectivity index (χ1) is 4.98. The zero-order valence-electron chi connectivity index (χ0n) is 7.72. The Morgan fingerprint density at radius 2 is 1.83 bits per heavy atom. The van der Waals surface area contributed by atoms with Crippen LogP contribution in [-0.4, -0.2) is 28.6 Å². The molecule has 0 radical (unpaired) electrons. The molecule has 0 spiro atoms. The fraction of sp³-hybridized carbons (Fsp3) is 1.00. The van der Waals surface area contributed by atoms with Gasteiger partial charge in [-0.2, -0.15) is 0 Å². The van der Waals surface area contributed by atoms with E-state index in [9.17, 15) is 5.11 Å². The van der Waals surface area contributed by atoms with E-state index in [1.165, 1.54) is 12.8 Å². The average Bonchev–Trinajstić information content (AvgIpc) is 2.20. The average molecular weight is 184 g/mol. The van der Waals surface area contributed by atoms with Gasteiger partial charge >= 0.3 is 0 Å². The third-order valence-electron chi connectivity index (χ3n) is 4.75. The molecule has 1 N–H and O–H groups in total. The van der Waals surface area contributed by atoms with Gasteiger partial charge in [0, 0.05) is 0 Å². The molecule has 0 aromatic heterocycles. The zero-order chi connectivity index (χ0) is 8.28. The van der Waals surface area contributed by atoms with E-state index in [2.05, 4.69) is 20.8 Å². The lowest BCUT2D eigenvalue weighted by Gasteiger charge is -2.36. The number of aliphatic hydroxyl groups excluding tert-OH is 1. The molecule has 3 unspecified atom stereocenters. The maximum Gasteiger partial charge on any atom is 0.187 e. The van der Waals surface area contributed by atoms with E-state index in [4.69, 9.17) is 0 Å². The van der Waals surface area contributed by atoms with E-state index in [1.807, 2.05) is 0 Å². The Morgan fingerprint density at radius 3 is 2.00 bits per heavy atom. The molecule has 3 atom stereocenters. The molecule has 2 heteroatoms. The van der Waals surface area contributed by atoms with Crippen LogP contribution in [0.3, 0.4) is 0 Å². The van der Waals surface area contributed by atoms with E-state index < -0.39 is 0 Å². The highest BCUT2D eigenvalue weighted by Gasteiger charge is 2.60. The molecule has 0 amide bonds. The monoisotopic (exact) mass is 184 g/mol. The maximum absolute atomic E-state index is 9.81. The second-order valence-corrected chi connectivity index (χ2v) is 5.13. The van der Waals surface area contributed by atoms with E-state index in [-0.39, 0.29) is 28.9 Å². The SMILES string of the molecule is CC1(C)C2CCC1(C)C(O)C2.[AlH3]. The molecule has 2 aliphatic rings. The summed E-state index contributed by atoms with van der Waals surface area (Å²) in [5.74, 6) is 0.780. The lowest BCUT2D eigenvalue weighted by Crippen LogP contribution is -2.35. The van der Waals surface area contributed by atoms with Crippen LogP contribution in [0.25, 0.3) is 0 Å². The number of aliphatic hydroxyl groups is 1. The summed E-state index contributed by atoms with van der Waals surface area (Å²) in [6, 6.07) is 0. The standard InChI is InChI=1S/C10H18O.Al.3H/c1-9(2)7-4-5-10(9,3)8(11)6-7;;;;/h7-8,11H,4-6H2,1-3H3;;;;. The molecule has 2 bridgehead atoms. The summed E-state index contributed by atoms with van der Waals surface area (Å²) in [6.45, 7) is 6.90. The Balaban J connectivity index is 0.000000720. The molecule has 2 saturated carbocycles. The summed E-state index contributed by atoms with van der Waals surface area (Å²) >= 11 is 0. The molecule has 0 aromatic carbocycles. The molecule has 0 aliphatic heterocycles. The van der Waals surface area contributed by atoms with Crippen molar-refractivity contribution in [3.8, 4) is 0 Å². The van der Waals surface area contributed by atoms with E-state index in [1.54, 1.807) is 0 Å². The minimum Gasteiger partial charge on any atom is -0.393 e. The number of fused-ring (bicyclic) bond motifs is 2. The minimum absolute atomic E-state index is 0. The van der Waals surface area contributed by atoms with Crippen molar-refractivity contribution in [3.63, 3.8) is 0 Å². The van der Waals surface area contributed by atoms with Crippen LogP contribution < -0.4 is 0 Å². The van der Waals surface area contributed by atoms with Crippen molar-refractivity contribution in [2.75, 3.05) is 0 Å². The molecule has 0 aromatic rings. The van der Waals surface area contributed by atoms with Gasteiger partial charge in [-0.1, -0.05) is 20.8 Å². The smallest absolute Gasteiger partial charge is 0.187 e. The first-order valence-electron chi connectivity index (χ1n) is 4.66. The molecule has 0 heterocycles. The summed E-state index contributed by atoms with van der Waals surface area (Å²) < 4.78 is 0. The van der Waals surface area contributed by atoms with Gasteiger partial charge in [0.15, 0.2) is 17.4 Å². The van der Waals surface area contributed by atoms with Crippen molar-refractivity contribution in [2.24, 2.45) is 16.7 Å². The summed E-state index contributed by atoms with van der Waals surface area (Å²) in [5, 5.41) is 9.81. The molecule has 2 aliphatic carbocycles. The summed E-state index contributed by atoms with van der Waals surface area (Å²) in [6.07, 6.45) is 3.58. The van der Waals surface area contributed by atoms with Crippen LogP contribution in [0.1, 0.15) is 40.0 Å². The Hall–Kier alpha value is 0.492. The molecule has 70 valence electrons. The second kappa shape index (κ2) is 2.74. The van der Waals surface area contributed by atoms with Gasteiger partial charge in [0.2, 0.25) is 0 Å². The van der Waals surface area contributed by atoms with Crippen LogP contribution in [0.5, 0.6) is 0 Å². The van der Waals surface area contributed by atoms with Gasteiger partial charge in [0.25, 0.3) is 0 Å². The lowest BCUT2D eigenvalue weighted by atomic mass is 9.70. The first-order valence-corrected chi connectivity index (χ1v) is 4.66. The molecule has 0 saturated heterocycles. The Labute approximate surface area is 85.7 Å². The molecule has 2 fully saturated rings. The van der Waals surface area contributed by atoms with Crippen molar-refractivity contribution in [1.82, 2.24) is 0 Å². The summed E-state index contributed by atoms with van der Waals surface area (Å²) in [7, 11) is 0. The molecule has 1 nitrogen and oxygen atoms in total. The van der Waals surface area contributed by atoms with E-state index in [0.29, 0.717) is 5.41 Å². The number of rotatable bonds is 0. The highest BCUT2D eigenvalue weighted by Crippen LogP contribution is 2.65. The van der Waals surface area contributed by atoms with Gasteiger partial charge in [0.1, 0.15) is 0 Å². The lowest BCUT2D eigenvalue weighted by molar-refractivity contribution is 0.0126. The largest absolute Gasteiger partial charge is 0.393 e. The van der Waals surface area contributed by atoms with E-state index >= 15 is 0 Å². The third-order valence-corrected chi connectivity index (χ3v) is 4.75. The van der Waals surface area contributed by atoms with Gasteiger partial charge in [0.05, 0.1) is 6.10 Å². The zero-order valence-corrected chi connectivity index (χ0v) is 7.72. The van der Waals surface area contributed by atoms with Crippen molar-refractivity contribution < 1.29 is 5.11 Å². The van der Waals surface area contributed by atoms with Crippen LogP contribution in [0.2, 0.25) is 0 Å². The fourth-order valence-electron chi connectivity index (χ4n) is 3.16. The highest BCUT2D eigenvalue weighted by atomic mass is 27.0. The quantitative estimate of drug-likeness (QED) is 0.557. The molecule has 12 heavy (non-hydrogen) atoms. The number of hydrogen-bond donors (Lipinski definition) is 1. The van der Waals surface area contributed by atoms with Gasteiger partial charge in [-0.15, -0.1) is 0 Å². The van der Waals surface area contributed by atoms with Crippen molar-refractivity contribution >= 4 is 17.4 Å². The van der Waals surface area contributed by atoms with Gasteiger partial charge in [-0.3, -0.25) is 0 Å². The van der Waals surface area contributed by atoms with Crippen molar-refractivity contribution in [1.29, 1.82) is 0 Å². The van der Waals surface area contributed by atoms with Crippen molar-refractivity contribution in [3.05, 3.63) is 0 Å². The Bertz CT molecular complexity index is 190. The summed E-state index contributed by atoms with van der Waals surface area (Å²) in [5.41, 5.74) is 0.601. The van der Waals surface area contributed by atoms with Crippen LogP contribution >= 0.6 is 0 Å². The Morgan fingerprint density at radius 1 is 1.25 bits per heavy atom. The summed E-state index contributed by atoms with van der Waals surface area (Å²) in [4.78, 5) is 0. The molecular weight excluding hydrogens is 163 g/mol. The van der Waals surface area contributed by atoms with Crippen LogP contribution in [0, 0.1) is 16.7 Å². The van der Waals surface area contributed by atoms with Gasteiger partial charge in [-0.05, 0) is 36.0 Å². The predicted octanol–water partition coefficient (Wildman–Crippen LogP) is 1.01. The molecular formula is C10H21AlO.